The maximum atomic E-state index is 12.3. The first-order valence-corrected chi connectivity index (χ1v) is 7.08. The lowest BCUT2D eigenvalue weighted by molar-refractivity contribution is 0.182. The van der Waals surface area contributed by atoms with Gasteiger partial charge in [-0.3, -0.25) is 4.68 Å². The fraction of sp³-hybridized carbons (Fsp3) is 0.500. The molecule has 1 unspecified atom stereocenters. The number of carbonyl (C=O) groups is 1. The lowest BCUT2D eigenvalue weighted by atomic mass is 10.1. The Bertz CT molecular complexity index is 633. The minimum absolute atomic E-state index is 0.0138. The van der Waals surface area contributed by atoms with Crippen LogP contribution in [0.15, 0.2) is 23.0 Å². The number of nitrogens with zero attached hydrogens (tertiary/aromatic N) is 4. The standard InChI is InChI=1S/C14H19N5O2/c1-10-6-13(21-17-10)12-4-3-5-19(12)14(20)15-7-11-8-16-18(2)9-11/h6,8-9,12H,3-5,7H2,1-2H3,(H,15,20). The molecule has 1 atom stereocenters. The van der Waals surface area contributed by atoms with Gasteiger partial charge in [0, 0.05) is 38.0 Å². The molecular formula is C14H19N5O2. The smallest absolute Gasteiger partial charge is 0.318 e. The predicted octanol–water partition coefficient (Wildman–Crippen LogP) is 1.76. The first-order chi connectivity index (χ1) is 10.1. The summed E-state index contributed by atoms with van der Waals surface area (Å²) in [4.78, 5) is 14.2. The molecule has 0 spiro atoms. The van der Waals surface area contributed by atoms with Crippen molar-refractivity contribution in [3.05, 3.63) is 35.5 Å². The summed E-state index contributed by atoms with van der Waals surface area (Å²) in [5.74, 6) is 0.765. The highest BCUT2D eigenvalue weighted by Gasteiger charge is 2.32. The highest BCUT2D eigenvalue weighted by Crippen LogP contribution is 2.32. The Hall–Kier alpha value is -2.31. The summed E-state index contributed by atoms with van der Waals surface area (Å²) in [5.41, 5.74) is 1.82. The number of aryl methyl sites for hydroxylation is 2. The van der Waals surface area contributed by atoms with Crippen molar-refractivity contribution in [2.24, 2.45) is 7.05 Å². The van der Waals surface area contributed by atoms with Crippen LogP contribution in [0, 0.1) is 6.92 Å². The van der Waals surface area contributed by atoms with Gasteiger partial charge in [0.25, 0.3) is 0 Å². The molecule has 1 fully saturated rings. The van der Waals surface area contributed by atoms with Crippen LogP contribution in [0.4, 0.5) is 4.79 Å². The number of nitrogens with one attached hydrogen (secondary N) is 1. The average Bonchev–Trinajstić information content (AvgIpc) is 3.16. The zero-order valence-corrected chi connectivity index (χ0v) is 12.2. The summed E-state index contributed by atoms with van der Waals surface area (Å²) in [5, 5.41) is 10.9. The molecule has 2 aromatic heterocycles. The SMILES string of the molecule is Cc1cc(C2CCCN2C(=O)NCc2cnn(C)c2)on1. The number of rotatable bonds is 3. The molecule has 21 heavy (non-hydrogen) atoms. The van der Waals surface area contributed by atoms with E-state index in [1.807, 2.05) is 31.1 Å². The number of likely N-dealkylation sites (tertiary alicyclic amines) is 1. The number of urea groups is 1. The predicted molar refractivity (Wildman–Crippen MR) is 75.4 cm³/mol. The van der Waals surface area contributed by atoms with E-state index in [0.29, 0.717) is 6.54 Å². The molecule has 2 aromatic rings. The minimum Gasteiger partial charge on any atom is -0.359 e. The number of aromatic nitrogens is 3. The summed E-state index contributed by atoms with van der Waals surface area (Å²) in [6, 6.07) is 1.81. The van der Waals surface area contributed by atoms with Crippen molar-refractivity contribution < 1.29 is 9.32 Å². The van der Waals surface area contributed by atoms with Gasteiger partial charge in [0.2, 0.25) is 0 Å². The molecule has 7 nitrogen and oxygen atoms in total. The van der Waals surface area contributed by atoms with Crippen molar-refractivity contribution in [2.45, 2.75) is 32.4 Å². The summed E-state index contributed by atoms with van der Waals surface area (Å²) >= 11 is 0. The molecule has 1 N–H and O–H groups in total. The molecule has 0 saturated carbocycles. The van der Waals surface area contributed by atoms with E-state index in [0.717, 1.165) is 36.4 Å². The molecule has 0 radical (unpaired) electrons. The van der Waals surface area contributed by atoms with Crippen molar-refractivity contribution >= 4 is 6.03 Å². The van der Waals surface area contributed by atoms with Crippen molar-refractivity contribution in [2.75, 3.05) is 6.54 Å². The van der Waals surface area contributed by atoms with E-state index in [4.69, 9.17) is 4.52 Å². The third-order valence-corrected chi connectivity index (χ3v) is 3.69. The lowest BCUT2D eigenvalue weighted by Crippen LogP contribution is -2.39. The van der Waals surface area contributed by atoms with Gasteiger partial charge in [0.05, 0.1) is 17.9 Å². The molecule has 0 aromatic carbocycles. The molecule has 3 rings (SSSR count). The second-order valence-electron chi connectivity index (χ2n) is 5.40. The van der Waals surface area contributed by atoms with Crippen LogP contribution in [0.3, 0.4) is 0 Å². The number of carbonyl (C=O) groups excluding carboxylic acids is 1. The molecule has 3 heterocycles. The van der Waals surface area contributed by atoms with Crippen molar-refractivity contribution in [3.63, 3.8) is 0 Å². The molecular weight excluding hydrogens is 270 g/mol. The zero-order chi connectivity index (χ0) is 14.8. The first-order valence-electron chi connectivity index (χ1n) is 7.08. The summed E-state index contributed by atoms with van der Waals surface area (Å²) in [7, 11) is 1.86. The Kier molecular flexibility index (Phi) is 3.64. The van der Waals surface area contributed by atoms with Crippen LogP contribution in [0.1, 0.15) is 35.9 Å². The molecule has 1 saturated heterocycles. The molecule has 0 bridgehead atoms. The second kappa shape index (κ2) is 5.59. The van der Waals surface area contributed by atoms with Gasteiger partial charge in [-0.05, 0) is 19.8 Å². The third-order valence-electron chi connectivity index (χ3n) is 3.69. The second-order valence-corrected chi connectivity index (χ2v) is 5.40. The molecule has 2 amide bonds. The average molecular weight is 289 g/mol. The van der Waals surface area contributed by atoms with Gasteiger partial charge in [-0.2, -0.15) is 5.10 Å². The highest BCUT2D eigenvalue weighted by atomic mass is 16.5. The van der Waals surface area contributed by atoms with Gasteiger partial charge in [-0.25, -0.2) is 4.79 Å². The van der Waals surface area contributed by atoms with E-state index in [1.165, 1.54) is 0 Å². The van der Waals surface area contributed by atoms with Gasteiger partial charge in [-0.1, -0.05) is 5.16 Å². The van der Waals surface area contributed by atoms with E-state index in [-0.39, 0.29) is 12.1 Å². The third kappa shape index (κ3) is 2.91. The zero-order valence-electron chi connectivity index (χ0n) is 12.2. The first kappa shape index (κ1) is 13.7. The fourth-order valence-electron chi connectivity index (χ4n) is 2.69. The van der Waals surface area contributed by atoms with Crippen LogP contribution in [0.2, 0.25) is 0 Å². The largest absolute Gasteiger partial charge is 0.359 e. The number of hydrogen-bond acceptors (Lipinski definition) is 4. The van der Waals surface area contributed by atoms with Crippen LogP contribution in [-0.4, -0.2) is 32.4 Å². The Morgan fingerprint density at radius 2 is 2.43 bits per heavy atom. The van der Waals surface area contributed by atoms with Crippen LogP contribution >= 0.6 is 0 Å². The number of hydrogen-bond donors (Lipinski definition) is 1. The van der Waals surface area contributed by atoms with Crippen LogP contribution in [0.5, 0.6) is 0 Å². The Balaban J connectivity index is 1.63. The van der Waals surface area contributed by atoms with Crippen LogP contribution in [0.25, 0.3) is 0 Å². The van der Waals surface area contributed by atoms with E-state index in [2.05, 4.69) is 15.6 Å². The molecule has 0 aliphatic carbocycles. The van der Waals surface area contributed by atoms with E-state index < -0.39 is 0 Å². The minimum atomic E-state index is -0.0737. The Labute approximate surface area is 122 Å². The van der Waals surface area contributed by atoms with Gasteiger partial charge < -0.3 is 14.7 Å². The Morgan fingerprint density at radius 3 is 3.10 bits per heavy atom. The summed E-state index contributed by atoms with van der Waals surface area (Å²) in [6.07, 6.45) is 5.53. The number of amides is 2. The van der Waals surface area contributed by atoms with E-state index in [1.54, 1.807) is 10.9 Å². The molecule has 1 aliphatic heterocycles. The van der Waals surface area contributed by atoms with Crippen molar-refractivity contribution in [3.8, 4) is 0 Å². The quantitative estimate of drug-likeness (QED) is 0.934. The van der Waals surface area contributed by atoms with Gasteiger partial charge in [0.15, 0.2) is 5.76 Å². The molecule has 1 aliphatic rings. The molecule has 112 valence electrons. The normalized spacial score (nSPS) is 18.2. The summed E-state index contributed by atoms with van der Waals surface area (Å²) < 4.78 is 7.03. The van der Waals surface area contributed by atoms with E-state index in [9.17, 15) is 4.79 Å². The maximum Gasteiger partial charge on any atom is 0.318 e. The monoisotopic (exact) mass is 289 g/mol. The van der Waals surface area contributed by atoms with Crippen LogP contribution in [-0.2, 0) is 13.6 Å². The fourth-order valence-corrected chi connectivity index (χ4v) is 2.69. The molecule has 7 heteroatoms. The maximum absolute atomic E-state index is 12.3. The topological polar surface area (TPSA) is 76.2 Å². The van der Waals surface area contributed by atoms with Crippen molar-refractivity contribution in [1.82, 2.24) is 25.2 Å². The lowest BCUT2D eigenvalue weighted by Gasteiger charge is -2.22. The van der Waals surface area contributed by atoms with Gasteiger partial charge in [0.1, 0.15) is 0 Å². The summed E-state index contributed by atoms with van der Waals surface area (Å²) in [6.45, 7) is 3.10. The van der Waals surface area contributed by atoms with E-state index >= 15 is 0 Å². The highest BCUT2D eigenvalue weighted by molar-refractivity contribution is 5.75. The van der Waals surface area contributed by atoms with Crippen molar-refractivity contribution in [1.29, 1.82) is 0 Å². The van der Waals surface area contributed by atoms with Gasteiger partial charge >= 0.3 is 6.03 Å². The van der Waals surface area contributed by atoms with Gasteiger partial charge in [-0.15, -0.1) is 0 Å². The van der Waals surface area contributed by atoms with Crippen LogP contribution < -0.4 is 5.32 Å². The Morgan fingerprint density at radius 1 is 1.57 bits per heavy atom.